The second-order valence-electron chi connectivity index (χ2n) is 2.55. The van der Waals surface area contributed by atoms with Crippen LogP contribution < -0.4 is 10.6 Å². The van der Waals surface area contributed by atoms with Gasteiger partial charge in [0, 0.05) is 20.1 Å². The average molecular weight is 174 g/mol. The van der Waals surface area contributed by atoms with Crippen LogP contribution in [0.15, 0.2) is 0 Å². The molecule has 0 radical (unpaired) electrons. The number of nitrogens with one attached hydrogen (secondary N) is 2. The van der Waals surface area contributed by atoms with E-state index in [2.05, 4.69) is 10.6 Å². The molecule has 1 amide bonds. The predicted molar refractivity (Wildman–Crippen MR) is 43.0 cm³/mol. The first-order valence-electron chi connectivity index (χ1n) is 3.99. The summed E-state index contributed by atoms with van der Waals surface area (Å²) in [5, 5.41) is 5.51. The monoisotopic (exact) mass is 174 g/mol. The molecule has 1 saturated heterocycles. The van der Waals surface area contributed by atoms with E-state index in [1.54, 1.807) is 0 Å². The summed E-state index contributed by atoms with van der Waals surface area (Å²) in [6, 6.07) is 0. The van der Waals surface area contributed by atoms with Gasteiger partial charge < -0.3 is 20.1 Å². The van der Waals surface area contributed by atoms with Gasteiger partial charge >= 0.3 is 6.09 Å². The molecular formula is C7H14N2O3. The smallest absolute Gasteiger partial charge is 0.406 e. The number of amides is 1. The number of rotatable bonds is 2. The highest BCUT2D eigenvalue weighted by atomic mass is 16.6. The van der Waals surface area contributed by atoms with Gasteiger partial charge in [0.15, 0.2) is 0 Å². The molecule has 1 aliphatic heterocycles. The molecule has 0 saturated carbocycles. The summed E-state index contributed by atoms with van der Waals surface area (Å²) < 4.78 is 10.1. The normalized spacial score (nSPS) is 23.2. The quantitative estimate of drug-likeness (QED) is 0.583. The van der Waals surface area contributed by atoms with Gasteiger partial charge in [0.1, 0.15) is 12.7 Å². The number of morpholine rings is 1. The van der Waals surface area contributed by atoms with Crippen LogP contribution in [0.2, 0.25) is 0 Å². The summed E-state index contributed by atoms with van der Waals surface area (Å²) in [6.07, 6.45) is -0.416. The number of ether oxygens (including phenoxy) is 2. The first-order chi connectivity index (χ1) is 5.83. The molecule has 2 N–H and O–H groups in total. The molecule has 1 fully saturated rings. The molecule has 5 nitrogen and oxygen atoms in total. The Morgan fingerprint density at radius 3 is 3.25 bits per heavy atom. The fourth-order valence-electron chi connectivity index (χ4n) is 0.968. The highest BCUT2D eigenvalue weighted by Gasteiger charge is 2.14. The number of carbonyl (C=O) groups excluding carboxylic acids is 1. The van der Waals surface area contributed by atoms with Crippen molar-refractivity contribution in [3.05, 3.63) is 0 Å². The van der Waals surface area contributed by atoms with Crippen LogP contribution in [0.1, 0.15) is 0 Å². The molecule has 1 atom stereocenters. The zero-order valence-electron chi connectivity index (χ0n) is 7.13. The van der Waals surface area contributed by atoms with E-state index < -0.39 is 6.09 Å². The zero-order valence-corrected chi connectivity index (χ0v) is 7.13. The van der Waals surface area contributed by atoms with Crippen molar-refractivity contribution < 1.29 is 14.3 Å². The van der Waals surface area contributed by atoms with Crippen molar-refractivity contribution in [3.63, 3.8) is 0 Å². The summed E-state index contributed by atoms with van der Waals surface area (Å²) in [4.78, 5) is 10.6. The van der Waals surface area contributed by atoms with E-state index >= 15 is 0 Å². The second kappa shape index (κ2) is 4.95. The Hall–Kier alpha value is -0.810. The topological polar surface area (TPSA) is 59.6 Å². The molecule has 1 rings (SSSR count). The van der Waals surface area contributed by atoms with Gasteiger partial charge in [-0.25, -0.2) is 4.79 Å². The lowest BCUT2D eigenvalue weighted by molar-refractivity contribution is -0.0118. The fraction of sp³-hybridized carbons (Fsp3) is 0.857. The van der Waals surface area contributed by atoms with Crippen LogP contribution in [0.5, 0.6) is 0 Å². The van der Waals surface area contributed by atoms with Gasteiger partial charge in [-0.15, -0.1) is 0 Å². The number of hydrogen-bond acceptors (Lipinski definition) is 4. The highest BCUT2D eigenvalue weighted by Crippen LogP contribution is 1.96. The molecule has 0 aromatic carbocycles. The fourth-order valence-corrected chi connectivity index (χ4v) is 0.968. The molecule has 0 aliphatic carbocycles. The lowest BCUT2D eigenvalue weighted by Gasteiger charge is -2.22. The molecule has 0 aromatic rings. The lowest BCUT2D eigenvalue weighted by Crippen LogP contribution is -2.41. The lowest BCUT2D eigenvalue weighted by atomic mass is 10.3. The van der Waals surface area contributed by atoms with Crippen molar-refractivity contribution in [1.29, 1.82) is 0 Å². The molecule has 5 heteroatoms. The van der Waals surface area contributed by atoms with Crippen molar-refractivity contribution in [3.8, 4) is 0 Å². The Kier molecular flexibility index (Phi) is 3.83. The van der Waals surface area contributed by atoms with E-state index in [0.29, 0.717) is 13.2 Å². The van der Waals surface area contributed by atoms with E-state index in [-0.39, 0.29) is 6.10 Å². The van der Waals surface area contributed by atoms with Crippen LogP contribution in [0.3, 0.4) is 0 Å². The van der Waals surface area contributed by atoms with E-state index in [4.69, 9.17) is 9.47 Å². The van der Waals surface area contributed by atoms with Crippen LogP contribution in [0.25, 0.3) is 0 Å². The van der Waals surface area contributed by atoms with Crippen LogP contribution in [0, 0.1) is 0 Å². The summed E-state index contributed by atoms with van der Waals surface area (Å²) in [5.41, 5.74) is 0. The maximum absolute atomic E-state index is 10.6. The first kappa shape index (κ1) is 9.28. The van der Waals surface area contributed by atoms with Crippen molar-refractivity contribution in [2.45, 2.75) is 6.10 Å². The van der Waals surface area contributed by atoms with Gasteiger partial charge in [-0.1, -0.05) is 0 Å². The molecule has 70 valence electrons. The molecule has 0 unspecified atom stereocenters. The predicted octanol–water partition coefficient (Wildman–Crippen LogP) is -0.669. The largest absolute Gasteiger partial charge is 0.447 e. The minimum absolute atomic E-state index is 0.00366. The van der Waals surface area contributed by atoms with Crippen LogP contribution >= 0.6 is 0 Å². The van der Waals surface area contributed by atoms with Gasteiger partial charge in [0.2, 0.25) is 0 Å². The molecule has 1 aliphatic rings. The molecule has 0 bridgehead atoms. The van der Waals surface area contributed by atoms with Crippen LogP contribution in [-0.2, 0) is 9.47 Å². The third-order valence-electron chi connectivity index (χ3n) is 1.61. The van der Waals surface area contributed by atoms with E-state index in [1.165, 1.54) is 7.05 Å². The Morgan fingerprint density at radius 2 is 2.67 bits per heavy atom. The molecule has 12 heavy (non-hydrogen) atoms. The summed E-state index contributed by atoms with van der Waals surface area (Å²) in [5.74, 6) is 0. The molecule has 1 heterocycles. The maximum Gasteiger partial charge on any atom is 0.406 e. The average Bonchev–Trinajstić information content (AvgIpc) is 2.16. The van der Waals surface area contributed by atoms with Gasteiger partial charge in [0.05, 0.1) is 6.61 Å². The number of alkyl carbamates (subject to hydrolysis) is 1. The van der Waals surface area contributed by atoms with Crippen molar-refractivity contribution in [2.24, 2.45) is 0 Å². The van der Waals surface area contributed by atoms with Gasteiger partial charge in [-0.3, -0.25) is 0 Å². The van der Waals surface area contributed by atoms with Crippen molar-refractivity contribution >= 4 is 6.09 Å². The minimum Gasteiger partial charge on any atom is -0.447 e. The van der Waals surface area contributed by atoms with Gasteiger partial charge in [-0.2, -0.15) is 0 Å². The third kappa shape index (κ3) is 3.06. The second-order valence-corrected chi connectivity index (χ2v) is 2.55. The third-order valence-corrected chi connectivity index (χ3v) is 1.61. The summed E-state index contributed by atoms with van der Waals surface area (Å²) >= 11 is 0. The summed E-state index contributed by atoms with van der Waals surface area (Å²) in [7, 11) is 1.53. The van der Waals surface area contributed by atoms with Crippen LogP contribution in [0.4, 0.5) is 4.79 Å². The Bertz CT molecular complexity index is 146. The highest BCUT2D eigenvalue weighted by molar-refractivity contribution is 5.66. The van der Waals surface area contributed by atoms with E-state index in [1.807, 2.05) is 0 Å². The van der Waals surface area contributed by atoms with E-state index in [9.17, 15) is 4.79 Å². The van der Waals surface area contributed by atoms with Gasteiger partial charge in [0.25, 0.3) is 0 Å². The van der Waals surface area contributed by atoms with Crippen molar-refractivity contribution in [2.75, 3.05) is 33.4 Å². The standard InChI is InChI=1S/C7H14N2O3/c1-8-7(10)12-5-6-4-9-2-3-11-6/h6,9H,2-5H2,1H3,(H,8,10)/t6-/m0/s1. The number of hydrogen-bond donors (Lipinski definition) is 2. The minimum atomic E-state index is -0.413. The Balaban J connectivity index is 2.09. The van der Waals surface area contributed by atoms with Gasteiger partial charge in [-0.05, 0) is 0 Å². The SMILES string of the molecule is CNC(=O)OC[C@@H]1CNCCO1. The van der Waals surface area contributed by atoms with E-state index in [0.717, 1.165) is 13.1 Å². The molecule has 0 aromatic heterocycles. The van der Waals surface area contributed by atoms with Crippen molar-refractivity contribution in [1.82, 2.24) is 10.6 Å². The van der Waals surface area contributed by atoms with Crippen LogP contribution in [-0.4, -0.2) is 45.5 Å². The first-order valence-corrected chi connectivity index (χ1v) is 3.99. The summed E-state index contributed by atoms with van der Waals surface area (Å²) in [6.45, 7) is 2.61. The number of carbonyl (C=O) groups is 1. The maximum atomic E-state index is 10.6. The Morgan fingerprint density at radius 1 is 1.83 bits per heavy atom. The molecule has 0 spiro atoms. The zero-order chi connectivity index (χ0) is 8.81. The molecular weight excluding hydrogens is 160 g/mol. The Labute approximate surface area is 71.4 Å².